The third-order valence-corrected chi connectivity index (χ3v) is 2.34. The predicted octanol–water partition coefficient (Wildman–Crippen LogP) is 1.34. The Kier molecular flexibility index (Phi) is 3.82. The summed E-state index contributed by atoms with van der Waals surface area (Å²) in [7, 11) is 3.00. The number of methoxy groups -OCH3 is 1. The van der Waals surface area contributed by atoms with Gasteiger partial charge < -0.3 is 9.57 Å². The summed E-state index contributed by atoms with van der Waals surface area (Å²) in [6.07, 6.45) is 4.06. The molecular weight excluding hydrogens is 208 g/mol. The van der Waals surface area contributed by atoms with Crippen LogP contribution in [0, 0.1) is 0 Å². The zero-order valence-electron chi connectivity index (χ0n) is 9.98. The monoisotopic (exact) mass is 224 g/mol. The minimum atomic E-state index is -1.03. The number of rotatable bonds is 3. The number of carbonyl (C=O) groups excluding carboxylic acids is 1. The van der Waals surface area contributed by atoms with Crippen molar-refractivity contribution in [2.45, 2.75) is 25.9 Å². The van der Waals surface area contributed by atoms with Gasteiger partial charge >= 0.3 is 5.97 Å². The Morgan fingerprint density at radius 2 is 2.38 bits per heavy atom. The molecule has 1 aliphatic rings. The summed E-state index contributed by atoms with van der Waals surface area (Å²) in [5.41, 5.74) is 0.352. The minimum absolute atomic E-state index is 0.372. The van der Waals surface area contributed by atoms with E-state index >= 15 is 0 Å². The number of hydrogen-bond acceptors (Lipinski definition) is 5. The van der Waals surface area contributed by atoms with E-state index in [0.717, 1.165) is 5.71 Å². The van der Waals surface area contributed by atoms with Crippen LogP contribution >= 0.6 is 0 Å². The first-order valence-electron chi connectivity index (χ1n) is 5.00. The summed E-state index contributed by atoms with van der Waals surface area (Å²) in [5, 5.41) is 3.88. The smallest absolute Gasteiger partial charge is 0.353 e. The van der Waals surface area contributed by atoms with E-state index in [0.29, 0.717) is 12.1 Å². The van der Waals surface area contributed by atoms with Crippen molar-refractivity contribution in [2.75, 3.05) is 14.2 Å². The van der Waals surface area contributed by atoms with Crippen molar-refractivity contribution >= 4 is 17.4 Å². The lowest BCUT2D eigenvalue weighted by atomic mass is 9.97. The molecule has 0 bridgehead atoms. The molecule has 88 valence electrons. The second-order valence-electron chi connectivity index (χ2n) is 3.64. The van der Waals surface area contributed by atoms with Crippen LogP contribution in [0.2, 0.25) is 0 Å². The van der Waals surface area contributed by atoms with Crippen LogP contribution in [0.25, 0.3) is 0 Å². The highest BCUT2D eigenvalue weighted by Gasteiger charge is 2.43. The first-order valence-corrected chi connectivity index (χ1v) is 5.00. The van der Waals surface area contributed by atoms with Gasteiger partial charge in [-0.2, -0.15) is 0 Å². The summed E-state index contributed by atoms with van der Waals surface area (Å²) in [6, 6.07) is 0. The maximum atomic E-state index is 11.5. The van der Waals surface area contributed by atoms with Gasteiger partial charge in [0.05, 0.1) is 12.8 Å². The Morgan fingerprint density at radius 1 is 1.69 bits per heavy atom. The van der Waals surface area contributed by atoms with Gasteiger partial charge in [0.2, 0.25) is 5.60 Å². The van der Waals surface area contributed by atoms with Crippen LogP contribution in [0.1, 0.15) is 20.3 Å². The summed E-state index contributed by atoms with van der Waals surface area (Å²) in [4.78, 5) is 20.7. The average Bonchev–Trinajstić information content (AvgIpc) is 2.68. The third kappa shape index (κ3) is 2.29. The number of aliphatic imine (C=N–C) groups is 1. The molecule has 5 nitrogen and oxygen atoms in total. The number of allylic oxidation sites excluding steroid dienone is 2. The van der Waals surface area contributed by atoms with E-state index in [-0.39, 0.29) is 0 Å². The molecule has 0 aromatic rings. The number of ether oxygens (including phenoxy) is 1. The van der Waals surface area contributed by atoms with E-state index in [4.69, 9.17) is 4.84 Å². The molecule has 0 radical (unpaired) electrons. The van der Waals surface area contributed by atoms with E-state index < -0.39 is 11.6 Å². The summed E-state index contributed by atoms with van der Waals surface area (Å²) < 4.78 is 4.66. The SMILES string of the molecule is CC=CC(=NC)C1=NOC(C)(C(=O)OC)C1. The lowest BCUT2D eigenvalue weighted by Gasteiger charge is -2.17. The van der Waals surface area contributed by atoms with Gasteiger partial charge in [-0.05, 0) is 19.9 Å². The lowest BCUT2D eigenvalue weighted by molar-refractivity contribution is -0.164. The molecule has 0 amide bonds. The van der Waals surface area contributed by atoms with Crippen LogP contribution in [0.3, 0.4) is 0 Å². The van der Waals surface area contributed by atoms with Crippen LogP contribution in [0.5, 0.6) is 0 Å². The van der Waals surface area contributed by atoms with Crippen LogP contribution in [0.4, 0.5) is 0 Å². The number of esters is 1. The highest BCUT2D eigenvalue weighted by Crippen LogP contribution is 2.25. The molecule has 0 fully saturated rings. The maximum absolute atomic E-state index is 11.5. The Bertz CT molecular complexity index is 371. The van der Waals surface area contributed by atoms with Gasteiger partial charge in [-0.3, -0.25) is 4.99 Å². The standard InChI is InChI=1S/C11H16N2O3/c1-5-6-8(12-3)9-7-11(2,16-13-9)10(14)15-4/h5-6H,7H2,1-4H3. The Hall–Kier alpha value is -1.65. The van der Waals surface area contributed by atoms with Crippen molar-refractivity contribution in [1.29, 1.82) is 0 Å². The van der Waals surface area contributed by atoms with Crippen molar-refractivity contribution in [3.8, 4) is 0 Å². The molecule has 0 aromatic carbocycles. The minimum Gasteiger partial charge on any atom is -0.466 e. The number of oxime groups is 1. The average molecular weight is 224 g/mol. The van der Waals surface area contributed by atoms with Gasteiger partial charge in [-0.25, -0.2) is 4.79 Å². The second-order valence-corrected chi connectivity index (χ2v) is 3.64. The van der Waals surface area contributed by atoms with Gasteiger partial charge in [0, 0.05) is 13.5 Å². The largest absolute Gasteiger partial charge is 0.466 e. The van der Waals surface area contributed by atoms with Crippen molar-refractivity contribution in [3.05, 3.63) is 12.2 Å². The molecule has 1 rings (SSSR count). The summed E-state index contributed by atoms with van der Waals surface area (Å²) in [6.45, 7) is 3.54. The van der Waals surface area contributed by atoms with Crippen molar-refractivity contribution < 1.29 is 14.4 Å². The maximum Gasteiger partial charge on any atom is 0.353 e. The predicted molar refractivity (Wildman–Crippen MR) is 61.7 cm³/mol. The van der Waals surface area contributed by atoms with E-state index in [9.17, 15) is 4.79 Å². The Balaban J connectivity index is 2.81. The summed E-state index contributed by atoms with van der Waals surface area (Å²) in [5.74, 6) is -0.429. The van der Waals surface area contributed by atoms with E-state index in [1.54, 1.807) is 14.0 Å². The lowest BCUT2D eigenvalue weighted by Crippen LogP contribution is -2.37. The first-order chi connectivity index (χ1) is 7.57. The fraction of sp³-hybridized carbons (Fsp3) is 0.545. The van der Waals surface area contributed by atoms with Crippen molar-refractivity contribution in [1.82, 2.24) is 0 Å². The van der Waals surface area contributed by atoms with Crippen LogP contribution in [-0.2, 0) is 14.4 Å². The fourth-order valence-corrected chi connectivity index (χ4v) is 1.46. The van der Waals surface area contributed by atoms with Gasteiger partial charge in [-0.15, -0.1) is 0 Å². The number of nitrogens with zero attached hydrogens (tertiary/aromatic N) is 2. The molecule has 0 saturated heterocycles. The molecule has 16 heavy (non-hydrogen) atoms. The molecule has 5 heteroatoms. The zero-order valence-corrected chi connectivity index (χ0v) is 9.98. The molecule has 1 heterocycles. The third-order valence-electron chi connectivity index (χ3n) is 2.34. The second kappa shape index (κ2) is 4.92. The van der Waals surface area contributed by atoms with Crippen LogP contribution < -0.4 is 0 Å². The van der Waals surface area contributed by atoms with Gasteiger partial charge in [-0.1, -0.05) is 11.2 Å². The molecule has 0 N–H and O–H groups in total. The van der Waals surface area contributed by atoms with Gasteiger partial charge in [0.15, 0.2) is 0 Å². The molecule has 1 aliphatic heterocycles. The molecule has 0 spiro atoms. The highest BCUT2D eigenvalue weighted by molar-refractivity contribution is 6.47. The van der Waals surface area contributed by atoms with Crippen LogP contribution in [0.15, 0.2) is 22.3 Å². The molecule has 1 atom stereocenters. The van der Waals surface area contributed by atoms with Crippen molar-refractivity contribution in [3.63, 3.8) is 0 Å². The van der Waals surface area contributed by atoms with E-state index in [1.807, 2.05) is 19.1 Å². The van der Waals surface area contributed by atoms with Gasteiger partial charge in [0.1, 0.15) is 5.71 Å². The Labute approximate surface area is 94.8 Å². The fourth-order valence-electron chi connectivity index (χ4n) is 1.46. The van der Waals surface area contributed by atoms with Gasteiger partial charge in [0.25, 0.3) is 0 Å². The molecular formula is C11H16N2O3. The molecule has 0 aliphatic carbocycles. The number of carbonyl (C=O) groups is 1. The molecule has 0 saturated carbocycles. The molecule has 1 unspecified atom stereocenters. The first kappa shape index (κ1) is 12.4. The van der Waals surface area contributed by atoms with Crippen molar-refractivity contribution in [2.24, 2.45) is 10.1 Å². The van der Waals surface area contributed by atoms with E-state index in [1.165, 1.54) is 7.11 Å². The van der Waals surface area contributed by atoms with Crippen LogP contribution in [-0.4, -0.2) is 37.2 Å². The quantitative estimate of drug-likeness (QED) is 0.537. The molecule has 0 aromatic heterocycles. The number of hydrogen-bond donors (Lipinski definition) is 0. The summed E-state index contributed by atoms with van der Waals surface area (Å²) >= 11 is 0. The van der Waals surface area contributed by atoms with E-state index in [2.05, 4.69) is 14.9 Å². The normalized spacial score (nSPS) is 25.5. The highest BCUT2D eigenvalue weighted by atomic mass is 16.7. The Morgan fingerprint density at radius 3 is 2.88 bits per heavy atom. The zero-order chi connectivity index (χ0) is 12.2. The topological polar surface area (TPSA) is 60.2 Å².